The fourth-order valence-corrected chi connectivity index (χ4v) is 3.70. The zero-order valence-corrected chi connectivity index (χ0v) is 10.2. The van der Waals surface area contributed by atoms with Crippen molar-refractivity contribution in [3.63, 3.8) is 0 Å². The highest BCUT2D eigenvalue weighted by molar-refractivity contribution is 5.05. The molecule has 0 aliphatic heterocycles. The van der Waals surface area contributed by atoms with Crippen LogP contribution in [0.3, 0.4) is 0 Å². The number of rotatable bonds is 2. The molecule has 3 fully saturated rings. The van der Waals surface area contributed by atoms with Crippen molar-refractivity contribution in [2.75, 3.05) is 0 Å². The lowest BCUT2D eigenvalue weighted by molar-refractivity contribution is -0.225. The Morgan fingerprint density at radius 2 is 1.62 bits per heavy atom. The third-order valence-corrected chi connectivity index (χ3v) is 5.19. The van der Waals surface area contributed by atoms with Crippen LogP contribution in [0.4, 0.5) is 0 Å². The molecule has 0 heterocycles. The first-order valence-electron chi connectivity index (χ1n) is 7.15. The van der Waals surface area contributed by atoms with Crippen molar-refractivity contribution in [2.45, 2.75) is 82.5 Å². The van der Waals surface area contributed by atoms with E-state index in [0.717, 1.165) is 6.42 Å². The van der Waals surface area contributed by atoms with E-state index in [4.69, 9.17) is 4.74 Å². The first-order chi connectivity index (χ1) is 7.81. The van der Waals surface area contributed by atoms with Crippen LogP contribution in [0.25, 0.3) is 0 Å². The zero-order valence-electron chi connectivity index (χ0n) is 10.2. The Hall–Kier alpha value is -0.0800. The predicted octanol–water partition coefficient (Wildman–Crippen LogP) is 3.03. The Balaban J connectivity index is 1.64. The number of ether oxygens (including phenoxy) is 1. The minimum atomic E-state index is -0.0734. The van der Waals surface area contributed by atoms with Gasteiger partial charge in [-0.3, -0.25) is 0 Å². The van der Waals surface area contributed by atoms with Crippen LogP contribution >= 0.6 is 0 Å². The summed E-state index contributed by atoms with van der Waals surface area (Å²) in [5.74, 6) is 0. The van der Waals surface area contributed by atoms with Crippen molar-refractivity contribution in [1.29, 1.82) is 0 Å². The van der Waals surface area contributed by atoms with Crippen LogP contribution in [-0.4, -0.2) is 23.4 Å². The molecule has 0 bridgehead atoms. The molecule has 3 rings (SSSR count). The van der Waals surface area contributed by atoms with Crippen molar-refractivity contribution in [3.05, 3.63) is 0 Å². The first kappa shape index (κ1) is 11.0. The van der Waals surface area contributed by atoms with Crippen molar-refractivity contribution in [3.8, 4) is 0 Å². The molecule has 2 atom stereocenters. The molecule has 0 saturated heterocycles. The number of aliphatic hydroxyl groups is 1. The van der Waals surface area contributed by atoms with Gasteiger partial charge in [-0.05, 0) is 32.1 Å². The summed E-state index contributed by atoms with van der Waals surface area (Å²) in [7, 11) is 0. The smallest absolute Gasteiger partial charge is 0.0684 e. The van der Waals surface area contributed by atoms with Crippen LogP contribution in [0.1, 0.15) is 64.2 Å². The van der Waals surface area contributed by atoms with Crippen LogP contribution in [0, 0.1) is 5.41 Å². The lowest BCUT2D eigenvalue weighted by atomic mass is 9.59. The fraction of sp³-hybridized carbons (Fsp3) is 1.00. The van der Waals surface area contributed by atoms with Gasteiger partial charge in [0.2, 0.25) is 0 Å². The molecular formula is C14H24O2. The van der Waals surface area contributed by atoms with E-state index in [0.29, 0.717) is 12.2 Å². The lowest BCUT2D eigenvalue weighted by Crippen LogP contribution is -2.59. The molecule has 1 N–H and O–H groups in total. The Morgan fingerprint density at radius 1 is 0.938 bits per heavy atom. The summed E-state index contributed by atoms with van der Waals surface area (Å²) in [6, 6.07) is 0. The summed E-state index contributed by atoms with van der Waals surface area (Å²) in [5.41, 5.74) is 0.159. The molecule has 0 aromatic carbocycles. The molecule has 2 nitrogen and oxygen atoms in total. The molecule has 3 saturated carbocycles. The van der Waals surface area contributed by atoms with Crippen LogP contribution in [-0.2, 0) is 4.74 Å². The van der Waals surface area contributed by atoms with Crippen LogP contribution in [0.2, 0.25) is 0 Å². The van der Waals surface area contributed by atoms with E-state index in [1.54, 1.807) is 0 Å². The standard InChI is InChI=1S/C14H24O2/c15-12-10-13(16-11-6-5-7-11)14(12)8-3-1-2-4-9-14/h11-13,15H,1-10H2. The lowest BCUT2D eigenvalue weighted by Gasteiger charge is -2.55. The first-order valence-corrected chi connectivity index (χ1v) is 7.15. The van der Waals surface area contributed by atoms with Crippen molar-refractivity contribution in [1.82, 2.24) is 0 Å². The third kappa shape index (κ3) is 1.70. The second-order valence-corrected chi connectivity index (χ2v) is 6.08. The third-order valence-electron chi connectivity index (χ3n) is 5.19. The number of hydrogen-bond acceptors (Lipinski definition) is 2. The van der Waals surface area contributed by atoms with Gasteiger partial charge in [-0.1, -0.05) is 25.7 Å². The van der Waals surface area contributed by atoms with Gasteiger partial charge in [0.05, 0.1) is 18.3 Å². The van der Waals surface area contributed by atoms with Gasteiger partial charge in [-0.25, -0.2) is 0 Å². The maximum atomic E-state index is 10.1. The zero-order chi connectivity index (χ0) is 11.0. The monoisotopic (exact) mass is 224 g/mol. The summed E-state index contributed by atoms with van der Waals surface area (Å²) < 4.78 is 6.18. The molecular weight excluding hydrogens is 200 g/mol. The van der Waals surface area contributed by atoms with Gasteiger partial charge in [0.1, 0.15) is 0 Å². The quantitative estimate of drug-likeness (QED) is 0.781. The maximum Gasteiger partial charge on any atom is 0.0684 e. The van der Waals surface area contributed by atoms with Gasteiger partial charge >= 0.3 is 0 Å². The number of hydrogen-bond donors (Lipinski definition) is 1. The highest BCUT2D eigenvalue weighted by Crippen LogP contribution is 2.53. The van der Waals surface area contributed by atoms with Gasteiger partial charge in [-0.2, -0.15) is 0 Å². The Labute approximate surface area is 98.4 Å². The normalized spacial score (nSPS) is 38.8. The molecule has 1 spiro atoms. The molecule has 0 radical (unpaired) electrons. The molecule has 0 aromatic rings. The average Bonchev–Trinajstić information content (AvgIpc) is 2.48. The minimum absolute atomic E-state index is 0.0734. The molecule has 3 aliphatic carbocycles. The topological polar surface area (TPSA) is 29.5 Å². The van der Waals surface area contributed by atoms with Crippen molar-refractivity contribution >= 4 is 0 Å². The highest BCUT2D eigenvalue weighted by atomic mass is 16.5. The van der Waals surface area contributed by atoms with E-state index in [2.05, 4.69) is 0 Å². The second kappa shape index (κ2) is 4.30. The van der Waals surface area contributed by atoms with Gasteiger partial charge < -0.3 is 9.84 Å². The van der Waals surface area contributed by atoms with Gasteiger partial charge in [0, 0.05) is 11.8 Å². The second-order valence-electron chi connectivity index (χ2n) is 6.08. The summed E-state index contributed by atoms with van der Waals surface area (Å²) in [6.07, 6.45) is 13.3. The average molecular weight is 224 g/mol. The SMILES string of the molecule is OC1CC(OC2CCC2)C12CCCCCC2. The van der Waals surface area contributed by atoms with Crippen LogP contribution in [0.15, 0.2) is 0 Å². The van der Waals surface area contributed by atoms with Crippen LogP contribution in [0.5, 0.6) is 0 Å². The summed E-state index contributed by atoms with van der Waals surface area (Å²) in [4.78, 5) is 0. The molecule has 3 aliphatic rings. The predicted molar refractivity (Wildman–Crippen MR) is 63.3 cm³/mol. The van der Waals surface area contributed by atoms with E-state index < -0.39 is 0 Å². The molecule has 0 aromatic heterocycles. The summed E-state index contributed by atoms with van der Waals surface area (Å²) in [5, 5.41) is 10.1. The molecule has 2 unspecified atom stereocenters. The van der Waals surface area contributed by atoms with Crippen LogP contribution < -0.4 is 0 Å². The molecule has 92 valence electrons. The minimum Gasteiger partial charge on any atom is -0.392 e. The van der Waals surface area contributed by atoms with E-state index in [9.17, 15) is 5.11 Å². The molecule has 16 heavy (non-hydrogen) atoms. The number of aliphatic hydroxyl groups excluding tert-OH is 1. The van der Waals surface area contributed by atoms with Crippen molar-refractivity contribution < 1.29 is 9.84 Å². The molecule has 2 heteroatoms. The highest BCUT2D eigenvalue weighted by Gasteiger charge is 2.55. The van der Waals surface area contributed by atoms with E-state index in [1.165, 1.54) is 57.8 Å². The van der Waals surface area contributed by atoms with Crippen molar-refractivity contribution in [2.24, 2.45) is 5.41 Å². The Morgan fingerprint density at radius 3 is 2.12 bits per heavy atom. The van der Waals surface area contributed by atoms with E-state index in [1.807, 2.05) is 0 Å². The summed E-state index contributed by atoms with van der Waals surface area (Å²) in [6.45, 7) is 0. The Bertz CT molecular complexity index is 239. The van der Waals surface area contributed by atoms with Gasteiger partial charge in [-0.15, -0.1) is 0 Å². The van der Waals surface area contributed by atoms with E-state index >= 15 is 0 Å². The largest absolute Gasteiger partial charge is 0.392 e. The fourth-order valence-electron chi connectivity index (χ4n) is 3.70. The Kier molecular flexibility index (Phi) is 2.97. The van der Waals surface area contributed by atoms with E-state index in [-0.39, 0.29) is 11.5 Å². The summed E-state index contributed by atoms with van der Waals surface area (Å²) >= 11 is 0. The van der Waals surface area contributed by atoms with Gasteiger partial charge in [0.25, 0.3) is 0 Å². The maximum absolute atomic E-state index is 10.1. The van der Waals surface area contributed by atoms with Gasteiger partial charge in [0.15, 0.2) is 0 Å². The molecule has 0 amide bonds.